The largest absolute Gasteiger partial charge is 0.376 e. The van der Waals surface area contributed by atoms with Crippen molar-refractivity contribution in [1.29, 1.82) is 0 Å². The van der Waals surface area contributed by atoms with Gasteiger partial charge in [0.15, 0.2) is 0 Å². The molecule has 0 radical (unpaired) electrons. The zero-order chi connectivity index (χ0) is 19.1. The molecule has 1 amide bonds. The maximum absolute atomic E-state index is 13.4. The second kappa shape index (κ2) is 6.79. The lowest BCUT2D eigenvalue weighted by atomic mass is 9.66. The highest BCUT2D eigenvalue weighted by atomic mass is 16.5. The number of ether oxygens (including phenoxy) is 1. The Hall–Kier alpha value is -2.14. The van der Waals surface area contributed by atoms with E-state index >= 15 is 0 Å². The van der Waals surface area contributed by atoms with Gasteiger partial charge in [-0.2, -0.15) is 5.10 Å². The van der Waals surface area contributed by atoms with Crippen LogP contribution in [-0.2, 0) is 27.9 Å². The highest BCUT2D eigenvalue weighted by Crippen LogP contribution is 2.45. The van der Waals surface area contributed by atoms with Crippen LogP contribution in [0.2, 0.25) is 0 Å². The maximum atomic E-state index is 13.4. The predicted molar refractivity (Wildman–Crippen MR) is 104 cm³/mol. The Bertz CT molecular complexity index is 842. The third-order valence-electron chi connectivity index (χ3n) is 6.20. The lowest BCUT2D eigenvalue weighted by Crippen LogP contribution is -2.48. The molecule has 2 aromatic rings. The molecule has 1 aromatic heterocycles. The average molecular weight is 367 g/mol. The third kappa shape index (κ3) is 3.53. The quantitative estimate of drug-likeness (QED) is 0.903. The summed E-state index contributed by atoms with van der Waals surface area (Å²) in [4.78, 5) is 15.4. The summed E-state index contributed by atoms with van der Waals surface area (Å²) < 4.78 is 6.01. The Morgan fingerprint density at radius 1 is 1.33 bits per heavy atom. The molecule has 1 saturated heterocycles. The van der Waals surface area contributed by atoms with E-state index in [-0.39, 0.29) is 16.9 Å². The second-order valence-corrected chi connectivity index (χ2v) is 8.75. The second-order valence-electron chi connectivity index (χ2n) is 8.75. The molecule has 2 aliphatic heterocycles. The van der Waals surface area contributed by atoms with Crippen LogP contribution in [-0.4, -0.2) is 39.8 Å². The molecular weight excluding hydrogens is 338 g/mol. The zero-order valence-corrected chi connectivity index (χ0v) is 16.5. The first-order valence-corrected chi connectivity index (χ1v) is 9.88. The van der Waals surface area contributed by atoms with Gasteiger partial charge in [-0.25, -0.2) is 0 Å². The molecule has 0 aliphatic carbocycles. The minimum atomic E-state index is -0.222. The fourth-order valence-electron chi connectivity index (χ4n) is 4.96. The highest BCUT2D eigenvalue weighted by Gasteiger charge is 2.45. The number of carbonyl (C=O) groups excluding carboxylic acids is 1. The van der Waals surface area contributed by atoms with Gasteiger partial charge < -0.3 is 9.64 Å². The third-order valence-corrected chi connectivity index (χ3v) is 6.20. The van der Waals surface area contributed by atoms with Gasteiger partial charge >= 0.3 is 0 Å². The van der Waals surface area contributed by atoms with Gasteiger partial charge in [0.2, 0.25) is 5.91 Å². The Morgan fingerprint density at radius 2 is 2.15 bits per heavy atom. The maximum Gasteiger partial charge on any atom is 0.223 e. The van der Waals surface area contributed by atoms with Gasteiger partial charge in [-0.05, 0) is 44.7 Å². The number of fused-ring (bicyclic) bond motifs is 1. The van der Waals surface area contributed by atoms with E-state index in [0.717, 1.165) is 31.4 Å². The van der Waals surface area contributed by atoms with Crippen LogP contribution in [0.25, 0.3) is 0 Å². The SMILES string of the molecule is Cc1ccccc1[C@]1(CC(=O)N2CCc3[nH]ncc3C2)CCOC(C)(C)C1. The first-order chi connectivity index (χ1) is 12.9. The van der Waals surface area contributed by atoms with E-state index in [0.29, 0.717) is 19.6 Å². The molecule has 27 heavy (non-hydrogen) atoms. The van der Waals surface area contributed by atoms with Crippen LogP contribution in [0.5, 0.6) is 0 Å². The summed E-state index contributed by atoms with van der Waals surface area (Å²) in [5, 5.41) is 7.17. The van der Waals surface area contributed by atoms with E-state index in [1.807, 2.05) is 11.1 Å². The van der Waals surface area contributed by atoms with Crippen molar-refractivity contribution in [2.75, 3.05) is 13.2 Å². The van der Waals surface area contributed by atoms with E-state index in [4.69, 9.17) is 4.74 Å². The highest BCUT2D eigenvalue weighted by molar-refractivity contribution is 5.78. The lowest BCUT2D eigenvalue weighted by molar-refractivity contribution is -0.137. The Labute approximate surface area is 161 Å². The number of nitrogens with zero attached hydrogens (tertiary/aromatic N) is 2. The topological polar surface area (TPSA) is 58.2 Å². The first-order valence-electron chi connectivity index (χ1n) is 9.88. The minimum absolute atomic E-state index is 0.166. The molecule has 0 unspecified atom stereocenters. The number of H-pyrrole nitrogens is 1. The molecule has 2 aliphatic rings. The van der Waals surface area contributed by atoms with Crippen molar-refractivity contribution in [2.24, 2.45) is 0 Å². The molecule has 1 fully saturated rings. The number of amides is 1. The summed E-state index contributed by atoms with van der Waals surface area (Å²) >= 11 is 0. The van der Waals surface area contributed by atoms with Crippen LogP contribution in [0.4, 0.5) is 0 Å². The van der Waals surface area contributed by atoms with Crippen molar-refractivity contribution in [3.8, 4) is 0 Å². The van der Waals surface area contributed by atoms with Crippen LogP contribution in [0.15, 0.2) is 30.5 Å². The van der Waals surface area contributed by atoms with Crippen molar-refractivity contribution in [1.82, 2.24) is 15.1 Å². The van der Waals surface area contributed by atoms with Gasteiger partial charge in [0.1, 0.15) is 0 Å². The van der Waals surface area contributed by atoms with E-state index in [1.165, 1.54) is 16.8 Å². The number of hydrogen-bond acceptors (Lipinski definition) is 3. The molecule has 0 spiro atoms. The normalized spacial score (nSPS) is 24.5. The van der Waals surface area contributed by atoms with Gasteiger partial charge in [-0.3, -0.25) is 9.89 Å². The van der Waals surface area contributed by atoms with Crippen LogP contribution in [0.1, 0.15) is 55.5 Å². The molecular formula is C22H29N3O2. The minimum Gasteiger partial charge on any atom is -0.376 e. The fraction of sp³-hybridized carbons (Fsp3) is 0.545. The van der Waals surface area contributed by atoms with Gasteiger partial charge in [-0.1, -0.05) is 24.3 Å². The first kappa shape index (κ1) is 18.2. The zero-order valence-electron chi connectivity index (χ0n) is 16.5. The smallest absolute Gasteiger partial charge is 0.223 e. The number of aromatic amines is 1. The molecule has 144 valence electrons. The summed E-state index contributed by atoms with van der Waals surface area (Å²) in [6.07, 6.45) is 4.99. The number of aryl methyl sites for hydroxylation is 1. The summed E-state index contributed by atoms with van der Waals surface area (Å²) in [6.45, 7) is 8.56. The lowest BCUT2D eigenvalue weighted by Gasteiger charge is -2.46. The number of rotatable bonds is 3. The van der Waals surface area contributed by atoms with Crippen molar-refractivity contribution < 1.29 is 9.53 Å². The van der Waals surface area contributed by atoms with E-state index < -0.39 is 0 Å². The van der Waals surface area contributed by atoms with E-state index in [9.17, 15) is 4.79 Å². The molecule has 5 nitrogen and oxygen atoms in total. The Kier molecular flexibility index (Phi) is 4.58. The monoisotopic (exact) mass is 367 g/mol. The van der Waals surface area contributed by atoms with Crippen LogP contribution < -0.4 is 0 Å². The number of hydrogen-bond donors (Lipinski definition) is 1. The molecule has 3 heterocycles. The summed E-state index contributed by atoms with van der Waals surface area (Å²) in [5.41, 5.74) is 4.49. The van der Waals surface area contributed by atoms with Crippen LogP contribution >= 0.6 is 0 Å². The fourth-order valence-corrected chi connectivity index (χ4v) is 4.96. The van der Waals surface area contributed by atoms with Gasteiger partial charge in [0, 0.05) is 49.2 Å². The van der Waals surface area contributed by atoms with Crippen molar-refractivity contribution >= 4 is 5.91 Å². The number of carbonyl (C=O) groups is 1. The van der Waals surface area contributed by atoms with Crippen molar-refractivity contribution in [3.63, 3.8) is 0 Å². The van der Waals surface area contributed by atoms with E-state index in [2.05, 4.69) is 55.2 Å². The molecule has 4 rings (SSSR count). The molecule has 1 N–H and O–H groups in total. The standard InChI is InChI=1S/C22H29N3O2/c1-16-6-4-5-7-18(16)22(9-11-27-21(2,3)15-22)12-20(26)25-10-8-19-17(14-25)13-23-24-19/h4-7,13H,8-12,14-15H2,1-3H3,(H,23,24)/t22-/m0/s1. The van der Waals surface area contributed by atoms with Crippen molar-refractivity contribution in [3.05, 3.63) is 52.8 Å². The van der Waals surface area contributed by atoms with Gasteiger partial charge in [-0.15, -0.1) is 0 Å². The molecule has 1 aromatic carbocycles. The van der Waals surface area contributed by atoms with Crippen molar-refractivity contribution in [2.45, 2.75) is 64.0 Å². The predicted octanol–water partition coefficient (Wildman–Crippen LogP) is 3.52. The summed E-state index contributed by atoms with van der Waals surface area (Å²) in [6, 6.07) is 8.52. The van der Waals surface area contributed by atoms with Gasteiger partial charge in [0.05, 0.1) is 11.8 Å². The van der Waals surface area contributed by atoms with Crippen LogP contribution in [0.3, 0.4) is 0 Å². The summed E-state index contributed by atoms with van der Waals surface area (Å²) in [5.74, 6) is 0.239. The molecule has 5 heteroatoms. The average Bonchev–Trinajstić information content (AvgIpc) is 3.08. The molecule has 0 bridgehead atoms. The number of benzene rings is 1. The molecule has 0 saturated carbocycles. The summed E-state index contributed by atoms with van der Waals surface area (Å²) in [7, 11) is 0. The number of nitrogens with one attached hydrogen (secondary N) is 1. The van der Waals surface area contributed by atoms with Crippen LogP contribution in [0, 0.1) is 6.92 Å². The van der Waals surface area contributed by atoms with E-state index in [1.54, 1.807) is 0 Å². The molecule has 1 atom stereocenters. The number of aromatic nitrogens is 2. The Balaban J connectivity index is 1.62. The Morgan fingerprint density at radius 3 is 2.93 bits per heavy atom. The van der Waals surface area contributed by atoms with Gasteiger partial charge in [0.25, 0.3) is 0 Å².